The summed E-state index contributed by atoms with van der Waals surface area (Å²) in [7, 11) is 0. The van der Waals surface area contributed by atoms with Gasteiger partial charge in [-0.2, -0.15) is 5.26 Å². The molecule has 0 radical (unpaired) electrons. The third kappa shape index (κ3) is 2.65. The standard InChI is InChI=1S/C14H12N2O2/c1-10-2-5-12(8-15)14(16-10)18-13-6-3-11(9-17)4-7-13/h2-7,17H,9H2,1H3. The van der Waals surface area contributed by atoms with Crippen LogP contribution >= 0.6 is 0 Å². The molecule has 0 aliphatic carbocycles. The van der Waals surface area contributed by atoms with E-state index in [1.165, 1.54) is 0 Å². The quantitative estimate of drug-likeness (QED) is 0.895. The molecule has 0 aliphatic heterocycles. The molecule has 1 N–H and O–H groups in total. The lowest BCUT2D eigenvalue weighted by Gasteiger charge is -2.07. The first-order chi connectivity index (χ1) is 8.72. The maximum atomic E-state index is 8.97. The van der Waals surface area contributed by atoms with Crippen LogP contribution < -0.4 is 4.74 Å². The van der Waals surface area contributed by atoms with Crippen molar-refractivity contribution in [2.24, 2.45) is 0 Å². The van der Waals surface area contributed by atoms with Crippen LogP contribution in [0.15, 0.2) is 36.4 Å². The molecule has 2 aromatic rings. The maximum absolute atomic E-state index is 8.97. The van der Waals surface area contributed by atoms with Gasteiger partial charge in [-0.1, -0.05) is 12.1 Å². The molecule has 0 bridgehead atoms. The number of nitriles is 1. The zero-order valence-electron chi connectivity index (χ0n) is 9.92. The molecule has 18 heavy (non-hydrogen) atoms. The fraction of sp³-hybridized carbons (Fsp3) is 0.143. The van der Waals surface area contributed by atoms with Crippen LogP contribution in [0, 0.1) is 18.3 Å². The summed E-state index contributed by atoms with van der Waals surface area (Å²) >= 11 is 0. The highest BCUT2D eigenvalue weighted by molar-refractivity contribution is 5.41. The Morgan fingerprint density at radius 2 is 1.94 bits per heavy atom. The molecule has 0 atom stereocenters. The van der Waals surface area contributed by atoms with E-state index < -0.39 is 0 Å². The van der Waals surface area contributed by atoms with Crippen molar-refractivity contribution >= 4 is 0 Å². The average molecular weight is 240 g/mol. The second-order valence-corrected chi connectivity index (χ2v) is 3.82. The Morgan fingerprint density at radius 3 is 2.56 bits per heavy atom. The highest BCUT2D eigenvalue weighted by Gasteiger charge is 2.06. The summed E-state index contributed by atoms with van der Waals surface area (Å²) in [4.78, 5) is 4.19. The van der Waals surface area contributed by atoms with Gasteiger partial charge in [0.25, 0.3) is 0 Å². The molecule has 0 unspecified atom stereocenters. The third-order valence-electron chi connectivity index (χ3n) is 2.44. The molecule has 0 spiro atoms. The van der Waals surface area contributed by atoms with Gasteiger partial charge in [0, 0.05) is 5.69 Å². The summed E-state index contributed by atoms with van der Waals surface area (Å²) in [6.07, 6.45) is 0. The van der Waals surface area contributed by atoms with Crippen LogP contribution in [0.3, 0.4) is 0 Å². The van der Waals surface area contributed by atoms with E-state index >= 15 is 0 Å². The number of aryl methyl sites for hydroxylation is 1. The summed E-state index contributed by atoms with van der Waals surface area (Å²) in [5, 5.41) is 17.9. The van der Waals surface area contributed by atoms with Gasteiger partial charge in [0.15, 0.2) is 0 Å². The lowest BCUT2D eigenvalue weighted by molar-refractivity contribution is 0.281. The first-order valence-corrected chi connectivity index (χ1v) is 5.48. The Bertz CT molecular complexity index is 586. The first-order valence-electron chi connectivity index (χ1n) is 5.48. The van der Waals surface area contributed by atoms with Crippen molar-refractivity contribution in [3.63, 3.8) is 0 Å². The topological polar surface area (TPSA) is 66.1 Å². The maximum Gasteiger partial charge on any atom is 0.237 e. The number of rotatable bonds is 3. The van der Waals surface area contributed by atoms with Crippen molar-refractivity contribution in [1.82, 2.24) is 4.98 Å². The van der Waals surface area contributed by atoms with Gasteiger partial charge in [0.2, 0.25) is 5.88 Å². The number of benzene rings is 1. The molecule has 1 aromatic carbocycles. The SMILES string of the molecule is Cc1ccc(C#N)c(Oc2ccc(CO)cc2)n1. The summed E-state index contributed by atoms with van der Waals surface area (Å²) in [6, 6.07) is 12.5. The van der Waals surface area contributed by atoms with Crippen LogP contribution in [0.4, 0.5) is 0 Å². The summed E-state index contributed by atoms with van der Waals surface area (Å²) in [5.74, 6) is 0.885. The summed E-state index contributed by atoms with van der Waals surface area (Å²) in [6.45, 7) is 1.83. The third-order valence-corrected chi connectivity index (χ3v) is 2.44. The van der Waals surface area contributed by atoms with Crippen molar-refractivity contribution < 1.29 is 9.84 Å². The monoisotopic (exact) mass is 240 g/mol. The molecule has 1 aromatic heterocycles. The van der Waals surface area contributed by atoms with Gasteiger partial charge < -0.3 is 9.84 Å². The van der Waals surface area contributed by atoms with Crippen LogP contribution in [0.25, 0.3) is 0 Å². The smallest absolute Gasteiger partial charge is 0.237 e. The van der Waals surface area contributed by atoms with Crippen LogP contribution in [0.1, 0.15) is 16.8 Å². The highest BCUT2D eigenvalue weighted by atomic mass is 16.5. The van der Waals surface area contributed by atoms with E-state index in [1.54, 1.807) is 36.4 Å². The van der Waals surface area contributed by atoms with Crippen molar-refractivity contribution in [2.75, 3.05) is 0 Å². The second-order valence-electron chi connectivity index (χ2n) is 3.82. The largest absolute Gasteiger partial charge is 0.438 e. The Balaban J connectivity index is 2.27. The number of hydrogen-bond acceptors (Lipinski definition) is 4. The number of aliphatic hydroxyl groups excluding tert-OH is 1. The van der Waals surface area contributed by atoms with Gasteiger partial charge in [0.05, 0.1) is 6.61 Å². The minimum Gasteiger partial charge on any atom is -0.438 e. The van der Waals surface area contributed by atoms with Crippen LogP contribution in [-0.2, 0) is 6.61 Å². The molecule has 2 rings (SSSR count). The molecule has 1 heterocycles. The molecule has 4 nitrogen and oxygen atoms in total. The Kier molecular flexibility index (Phi) is 3.56. The zero-order valence-corrected chi connectivity index (χ0v) is 9.92. The fourth-order valence-corrected chi connectivity index (χ4v) is 1.47. The molecule has 0 saturated heterocycles. The Morgan fingerprint density at radius 1 is 1.22 bits per heavy atom. The molecular formula is C14H12N2O2. The van der Waals surface area contributed by atoms with Gasteiger partial charge in [-0.05, 0) is 36.8 Å². The van der Waals surface area contributed by atoms with Crippen LogP contribution in [-0.4, -0.2) is 10.1 Å². The number of nitrogens with zero attached hydrogens (tertiary/aromatic N) is 2. The van der Waals surface area contributed by atoms with Gasteiger partial charge in [-0.15, -0.1) is 0 Å². The van der Waals surface area contributed by atoms with Gasteiger partial charge in [-0.25, -0.2) is 4.98 Å². The van der Waals surface area contributed by atoms with Crippen molar-refractivity contribution in [3.8, 4) is 17.7 Å². The average Bonchev–Trinajstić information content (AvgIpc) is 2.40. The van der Waals surface area contributed by atoms with Gasteiger partial charge >= 0.3 is 0 Å². The lowest BCUT2D eigenvalue weighted by atomic mass is 10.2. The molecule has 0 fully saturated rings. The van der Waals surface area contributed by atoms with E-state index in [2.05, 4.69) is 4.98 Å². The number of ether oxygens (including phenoxy) is 1. The molecule has 4 heteroatoms. The van der Waals surface area contributed by atoms with Gasteiger partial charge in [-0.3, -0.25) is 0 Å². The Labute approximate surface area is 105 Å². The van der Waals surface area contributed by atoms with E-state index in [4.69, 9.17) is 15.1 Å². The van der Waals surface area contributed by atoms with E-state index in [0.717, 1.165) is 11.3 Å². The van der Waals surface area contributed by atoms with Crippen LogP contribution in [0.5, 0.6) is 11.6 Å². The second kappa shape index (κ2) is 5.30. The number of hydrogen-bond donors (Lipinski definition) is 1. The minimum absolute atomic E-state index is 0.00752. The molecular weight excluding hydrogens is 228 g/mol. The summed E-state index contributed by atoms with van der Waals surface area (Å²) < 4.78 is 5.57. The van der Waals surface area contributed by atoms with E-state index in [9.17, 15) is 0 Å². The van der Waals surface area contributed by atoms with E-state index in [-0.39, 0.29) is 6.61 Å². The van der Waals surface area contributed by atoms with E-state index in [0.29, 0.717) is 17.2 Å². The number of pyridine rings is 1. The molecule has 0 saturated carbocycles. The normalized spacial score (nSPS) is 9.83. The lowest BCUT2D eigenvalue weighted by Crippen LogP contribution is -1.94. The van der Waals surface area contributed by atoms with E-state index in [1.807, 2.05) is 13.0 Å². The van der Waals surface area contributed by atoms with Crippen molar-refractivity contribution in [3.05, 3.63) is 53.2 Å². The Hall–Kier alpha value is -2.38. The minimum atomic E-state index is -0.00752. The predicted octanol–water partition coefficient (Wildman–Crippen LogP) is 2.55. The molecule has 90 valence electrons. The van der Waals surface area contributed by atoms with Crippen LogP contribution in [0.2, 0.25) is 0 Å². The summed E-state index contributed by atoms with van der Waals surface area (Å²) in [5.41, 5.74) is 1.99. The van der Waals surface area contributed by atoms with Gasteiger partial charge in [0.1, 0.15) is 17.4 Å². The number of aromatic nitrogens is 1. The van der Waals surface area contributed by atoms with Crippen molar-refractivity contribution in [2.45, 2.75) is 13.5 Å². The van der Waals surface area contributed by atoms with Crippen molar-refractivity contribution in [1.29, 1.82) is 5.26 Å². The predicted molar refractivity (Wildman–Crippen MR) is 66.1 cm³/mol. The highest BCUT2D eigenvalue weighted by Crippen LogP contribution is 2.23. The first kappa shape index (κ1) is 12.1. The fourth-order valence-electron chi connectivity index (χ4n) is 1.47. The zero-order chi connectivity index (χ0) is 13.0. The molecule has 0 amide bonds. The molecule has 0 aliphatic rings. The number of aliphatic hydroxyl groups is 1.